The third-order valence-corrected chi connectivity index (χ3v) is 4.28. The van der Waals surface area contributed by atoms with Crippen LogP contribution in [0.5, 0.6) is 5.75 Å². The zero-order chi connectivity index (χ0) is 15.4. The monoisotopic (exact) mass is 338 g/mol. The fraction of sp³-hybridized carbons (Fsp3) is 0.333. The normalized spacial score (nSPS) is 14.9. The fourth-order valence-electron chi connectivity index (χ4n) is 2.11. The molecule has 0 spiro atoms. The summed E-state index contributed by atoms with van der Waals surface area (Å²) < 4.78 is 10.9. The molecule has 5 nitrogen and oxygen atoms in total. The summed E-state index contributed by atoms with van der Waals surface area (Å²) in [6, 6.07) is 7.19. The zero-order valence-corrected chi connectivity index (χ0v) is 13.4. The van der Waals surface area contributed by atoms with Gasteiger partial charge < -0.3 is 14.4 Å². The average Bonchev–Trinajstić information content (AvgIpc) is 3.02. The second-order valence-corrected chi connectivity index (χ2v) is 6.16. The Balaban J connectivity index is 1.60. The van der Waals surface area contributed by atoms with Crippen molar-refractivity contribution in [3.05, 3.63) is 45.4 Å². The zero-order valence-electron chi connectivity index (χ0n) is 11.8. The lowest BCUT2D eigenvalue weighted by molar-refractivity contribution is 0.0299. The summed E-state index contributed by atoms with van der Waals surface area (Å²) in [5.41, 5.74) is 0.469. The molecule has 0 bridgehead atoms. The van der Waals surface area contributed by atoms with Crippen LogP contribution in [-0.2, 0) is 11.3 Å². The molecule has 1 fully saturated rings. The summed E-state index contributed by atoms with van der Waals surface area (Å²) in [6.45, 7) is 2.72. The van der Waals surface area contributed by atoms with E-state index in [0.29, 0.717) is 49.4 Å². The highest BCUT2D eigenvalue weighted by Crippen LogP contribution is 2.20. The standard InChI is InChI=1S/C15H15ClN2O3S/c16-11-2-1-3-12(8-11)21-9-14-17-13(10-22-14)15(19)18-4-6-20-7-5-18/h1-3,8,10H,4-7,9H2. The molecular formula is C15H15ClN2O3S. The molecule has 2 aromatic rings. The predicted molar refractivity (Wildman–Crippen MR) is 84.6 cm³/mol. The topological polar surface area (TPSA) is 51.7 Å². The smallest absolute Gasteiger partial charge is 0.273 e. The van der Waals surface area contributed by atoms with Gasteiger partial charge in [0.25, 0.3) is 5.91 Å². The van der Waals surface area contributed by atoms with E-state index in [-0.39, 0.29) is 5.91 Å². The maximum atomic E-state index is 12.3. The van der Waals surface area contributed by atoms with Crippen molar-refractivity contribution >= 4 is 28.8 Å². The molecule has 1 aromatic heterocycles. The number of carbonyl (C=O) groups excluding carboxylic acids is 1. The highest BCUT2D eigenvalue weighted by Gasteiger charge is 2.20. The third kappa shape index (κ3) is 3.76. The van der Waals surface area contributed by atoms with Gasteiger partial charge in [0, 0.05) is 23.5 Å². The van der Waals surface area contributed by atoms with E-state index in [4.69, 9.17) is 21.1 Å². The Hall–Kier alpha value is -1.63. The number of amides is 1. The summed E-state index contributed by atoms with van der Waals surface area (Å²) >= 11 is 7.32. The molecule has 0 unspecified atom stereocenters. The van der Waals surface area contributed by atoms with Gasteiger partial charge in [0.05, 0.1) is 13.2 Å². The summed E-state index contributed by atoms with van der Waals surface area (Å²) in [5.74, 6) is 0.636. The first kappa shape index (κ1) is 15.3. The van der Waals surface area contributed by atoms with Crippen molar-refractivity contribution in [1.29, 1.82) is 0 Å². The number of benzene rings is 1. The number of rotatable bonds is 4. The van der Waals surface area contributed by atoms with Crippen molar-refractivity contribution in [3.63, 3.8) is 0 Å². The quantitative estimate of drug-likeness (QED) is 0.860. The van der Waals surface area contributed by atoms with E-state index in [1.165, 1.54) is 11.3 Å². The van der Waals surface area contributed by atoms with E-state index >= 15 is 0 Å². The number of hydrogen-bond donors (Lipinski definition) is 0. The van der Waals surface area contributed by atoms with E-state index in [2.05, 4.69) is 4.98 Å². The molecule has 1 aliphatic heterocycles. The summed E-state index contributed by atoms with van der Waals surface area (Å²) in [6.07, 6.45) is 0. The fourth-order valence-corrected chi connectivity index (χ4v) is 2.97. The Bertz CT molecular complexity index is 656. The number of halogens is 1. The third-order valence-electron chi connectivity index (χ3n) is 3.23. The number of aromatic nitrogens is 1. The van der Waals surface area contributed by atoms with Crippen molar-refractivity contribution in [3.8, 4) is 5.75 Å². The Morgan fingerprint density at radius 2 is 2.23 bits per heavy atom. The van der Waals surface area contributed by atoms with Crippen LogP contribution < -0.4 is 4.74 Å². The van der Waals surface area contributed by atoms with Crippen molar-refractivity contribution in [2.45, 2.75) is 6.61 Å². The Kier molecular flexibility index (Phi) is 4.92. The Morgan fingerprint density at radius 3 is 3.00 bits per heavy atom. The van der Waals surface area contributed by atoms with Gasteiger partial charge in [-0.25, -0.2) is 4.98 Å². The molecule has 1 amide bonds. The molecule has 0 atom stereocenters. The van der Waals surface area contributed by atoms with Gasteiger partial charge in [0.15, 0.2) is 0 Å². The number of carbonyl (C=O) groups is 1. The lowest BCUT2D eigenvalue weighted by Gasteiger charge is -2.25. The highest BCUT2D eigenvalue weighted by atomic mass is 35.5. The first-order valence-corrected chi connectivity index (χ1v) is 8.18. The first-order chi connectivity index (χ1) is 10.7. The van der Waals surface area contributed by atoms with E-state index in [1.54, 1.807) is 22.4 Å². The number of thiazole rings is 1. The van der Waals surface area contributed by atoms with Crippen LogP contribution in [0, 0.1) is 0 Å². The number of hydrogen-bond acceptors (Lipinski definition) is 5. The minimum Gasteiger partial charge on any atom is -0.486 e. The largest absolute Gasteiger partial charge is 0.486 e. The van der Waals surface area contributed by atoms with Crippen LogP contribution in [0.4, 0.5) is 0 Å². The minimum atomic E-state index is -0.0476. The number of morpholine rings is 1. The van der Waals surface area contributed by atoms with E-state index in [0.717, 1.165) is 5.01 Å². The van der Waals surface area contributed by atoms with Crippen molar-refractivity contribution in [2.75, 3.05) is 26.3 Å². The molecule has 1 saturated heterocycles. The van der Waals surface area contributed by atoms with E-state index in [9.17, 15) is 4.79 Å². The van der Waals surface area contributed by atoms with Crippen molar-refractivity contribution in [2.24, 2.45) is 0 Å². The Morgan fingerprint density at radius 1 is 1.41 bits per heavy atom. The van der Waals surface area contributed by atoms with Gasteiger partial charge in [-0.1, -0.05) is 17.7 Å². The van der Waals surface area contributed by atoms with Crippen LogP contribution in [0.25, 0.3) is 0 Å². The summed E-state index contributed by atoms with van der Waals surface area (Å²) in [5, 5.41) is 3.16. The average molecular weight is 339 g/mol. The molecule has 3 rings (SSSR count). The molecule has 0 N–H and O–H groups in total. The molecule has 2 heterocycles. The first-order valence-electron chi connectivity index (χ1n) is 6.92. The summed E-state index contributed by atoms with van der Waals surface area (Å²) in [4.78, 5) is 18.4. The number of ether oxygens (including phenoxy) is 2. The molecule has 1 aromatic carbocycles. The van der Waals surface area contributed by atoms with Crippen LogP contribution in [0.2, 0.25) is 5.02 Å². The second-order valence-electron chi connectivity index (χ2n) is 4.78. The van der Waals surface area contributed by atoms with Gasteiger partial charge in [-0.3, -0.25) is 4.79 Å². The van der Waals surface area contributed by atoms with E-state index in [1.807, 2.05) is 12.1 Å². The van der Waals surface area contributed by atoms with Crippen LogP contribution >= 0.6 is 22.9 Å². The van der Waals surface area contributed by atoms with Crippen LogP contribution in [0.1, 0.15) is 15.5 Å². The molecular weight excluding hydrogens is 324 g/mol. The molecule has 1 aliphatic rings. The van der Waals surface area contributed by atoms with Crippen LogP contribution in [-0.4, -0.2) is 42.1 Å². The second kappa shape index (κ2) is 7.09. The maximum absolute atomic E-state index is 12.3. The summed E-state index contributed by atoms with van der Waals surface area (Å²) in [7, 11) is 0. The van der Waals surface area contributed by atoms with Gasteiger partial charge in [0.1, 0.15) is 23.1 Å². The number of nitrogens with zero attached hydrogens (tertiary/aromatic N) is 2. The van der Waals surface area contributed by atoms with E-state index < -0.39 is 0 Å². The van der Waals surface area contributed by atoms with Gasteiger partial charge in [0.2, 0.25) is 0 Å². The minimum absolute atomic E-state index is 0.0476. The van der Waals surface area contributed by atoms with Crippen LogP contribution in [0.3, 0.4) is 0 Å². The molecule has 22 heavy (non-hydrogen) atoms. The lowest BCUT2D eigenvalue weighted by atomic mass is 10.3. The molecule has 0 saturated carbocycles. The van der Waals surface area contributed by atoms with Gasteiger partial charge in [-0.2, -0.15) is 0 Å². The maximum Gasteiger partial charge on any atom is 0.273 e. The molecule has 0 aliphatic carbocycles. The van der Waals surface area contributed by atoms with Crippen molar-refractivity contribution in [1.82, 2.24) is 9.88 Å². The van der Waals surface area contributed by atoms with Crippen LogP contribution in [0.15, 0.2) is 29.6 Å². The highest BCUT2D eigenvalue weighted by molar-refractivity contribution is 7.09. The van der Waals surface area contributed by atoms with Crippen molar-refractivity contribution < 1.29 is 14.3 Å². The van der Waals surface area contributed by atoms with Gasteiger partial charge in [-0.05, 0) is 18.2 Å². The lowest BCUT2D eigenvalue weighted by Crippen LogP contribution is -2.40. The SMILES string of the molecule is O=C(c1csc(COc2cccc(Cl)c2)n1)N1CCOCC1. The van der Waals surface area contributed by atoms with Gasteiger partial charge >= 0.3 is 0 Å². The molecule has 116 valence electrons. The van der Waals surface area contributed by atoms with Gasteiger partial charge in [-0.15, -0.1) is 11.3 Å². The molecule has 0 radical (unpaired) electrons. The Labute approximate surface area is 137 Å². The predicted octanol–water partition coefficient (Wildman–Crippen LogP) is 2.85. The molecule has 7 heteroatoms.